The predicted octanol–water partition coefficient (Wildman–Crippen LogP) is 4.75. The first-order chi connectivity index (χ1) is 12.0. The molecule has 0 bridgehead atoms. The van der Waals surface area contributed by atoms with Gasteiger partial charge in [-0.2, -0.15) is 0 Å². The minimum Gasteiger partial charge on any atom is -0.399 e. The summed E-state index contributed by atoms with van der Waals surface area (Å²) in [6, 6.07) is 15.7. The fourth-order valence-corrected chi connectivity index (χ4v) is 3.92. The topological polar surface area (TPSA) is 76.1 Å². The maximum Gasteiger partial charge on any atom is 0.0415 e. The molecule has 130 valence electrons. The van der Waals surface area contributed by atoms with Crippen LogP contribution in [-0.4, -0.2) is 0 Å². The van der Waals surface area contributed by atoms with Crippen LogP contribution in [0.2, 0.25) is 0 Å². The number of nitrogen functional groups attached to an aromatic ring is 2. The first-order valence-electron chi connectivity index (χ1n) is 8.29. The van der Waals surface area contributed by atoms with Gasteiger partial charge in [0.25, 0.3) is 0 Å². The van der Waals surface area contributed by atoms with E-state index in [1.54, 1.807) is 0 Å². The van der Waals surface area contributed by atoms with E-state index in [0.717, 1.165) is 35.8 Å². The van der Waals surface area contributed by atoms with E-state index >= 15 is 0 Å². The number of thiophene rings is 1. The van der Waals surface area contributed by atoms with Crippen LogP contribution in [0.3, 0.4) is 0 Å². The van der Waals surface area contributed by atoms with Gasteiger partial charge in [-0.3, -0.25) is 0 Å². The second kappa shape index (κ2) is 7.49. The van der Waals surface area contributed by atoms with Crippen molar-refractivity contribution in [3.63, 3.8) is 0 Å². The summed E-state index contributed by atoms with van der Waals surface area (Å²) in [5.41, 5.74) is 17.9. The van der Waals surface area contributed by atoms with Crippen LogP contribution in [0.5, 0.6) is 0 Å². The monoisotopic (exact) mass is 352 g/mol. The number of rotatable bonds is 6. The molecular weight excluding hydrogens is 328 g/mol. The molecular formula is C20H24N4S. The Labute approximate surface area is 152 Å². The van der Waals surface area contributed by atoms with Crippen LogP contribution in [0.4, 0.5) is 22.7 Å². The number of anilines is 4. The van der Waals surface area contributed by atoms with Crippen molar-refractivity contribution < 1.29 is 0 Å². The third-order valence-electron chi connectivity index (χ3n) is 4.28. The Kier molecular flexibility index (Phi) is 5.14. The van der Waals surface area contributed by atoms with E-state index in [0.29, 0.717) is 0 Å². The average molecular weight is 353 g/mol. The molecule has 0 aliphatic heterocycles. The number of aryl methyl sites for hydroxylation is 2. The van der Waals surface area contributed by atoms with Gasteiger partial charge >= 0.3 is 0 Å². The number of hydrogen-bond acceptors (Lipinski definition) is 5. The van der Waals surface area contributed by atoms with E-state index in [4.69, 9.17) is 11.5 Å². The van der Waals surface area contributed by atoms with Crippen molar-refractivity contribution in [2.75, 3.05) is 22.1 Å². The molecule has 0 amide bonds. The van der Waals surface area contributed by atoms with E-state index in [2.05, 4.69) is 24.5 Å². The second-order valence-corrected chi connectivity index (χ2v) is 7.55. The Morgan fingerprint density at radius 2 is 1.04 bits per heavy atom. The summed E-state index contributed by atoms with van der Waals surface area (Å²) in [4.78, 5) is 2.71. The van der Waals surface area contributed by atoms with E-state index in [-0.39, 0.29) is 0 Å². The molecule has 0 saturated carbocycles. The van der Waals surface area contributed by atoms with Crippen molar-refractivity contribution in [1.29, 1.82) is 0 Å². The number of benzene rings is 2. The Balaban J connectivity index is 1.71. The summed E-state index contributed by atoms with van der Waals surface area (Å²) >= 11 is 1.85. The highest BCUT2D eigenvalue weighted by Crippen LogP contribution is 2.29. The molecule has 5 heteroatoms. The Morgan fingerprint density at radius 1 is 0.680 bits per heavy atom. The normalized spacial score (nSPS) is 10.6. The van der Waals surface area contributed by atoms with Crippen LogP contribution in [-0.2, 0) is 13.1 Å². The molecule has 6 N–H and O–H groups in total. The van der Waals surface area contributed by atoms with Gasteiger partial charge in [0, 0.05) is 45.6 Å². The van der Waals surface area contributed by atoms with E-state index in [1.165, 1.54) is 20.9 Å². The molecule has 0 spiro atoms. The minimum absolute atomic E-state index is 0.779. The van der Waals surface area contributed by atoms with Crippen molar-refractivity contribution in [2.45, 2.75) is 26.9 Å². The van der Waals surface area contributed by atoms with Gasteiger partial charge in [0.15, 0.2) is 0 Å². The van der Waals surface area contributed by atoms with Gasteiger partial charge < -0.3 is 22.1 Å². The van der Waals surface area contributed by atoms with Crippen LogP contribution < -0.4 is 22.1 Å². The second-order valence-electron chi connectivity index (χ2n) is 6.12. The van der Waals surface area contributed by atoms with Crippen molar-refractivity contribution in [3.05, 3.63) is 69.4 Å². The molecule has 0 aliphatic carbocycles. The van der Waals surface area contributed by atoms with Gasteiger partial charge in [0.2, 0.25) is 0 Å². The molecule has 25 heavy (non-hydrogen) atoms. The molecule has 0 unspecified atom stereocenters. The number of hydrogen-bond donors (Lipinski definition) is 4. The minimum atomic E-state index is 0.779. The molecule has 0 aliphatic rings. The number of nitrogens with one attached hydrogen (secondary N) is 2. The van der Waals surface area contributed by atoms with E-state index in [1.807, 2.05) is 59.9 Å². The van der Waals surface area contributed by atoms with Crippen molar-refractivity contribution >= 4 is 34.1 Å². The predicted molar refractivity (Wildman–Crippen MR) is 110 cm³/mol. The summed E-state index contributed by atoms with van der Waals surface area (Å²) in [5, 5.41) is 6.99. The largest absolute Gasteiger partial charge is 0.399 e. The maximum atomic E-state index is 5.75. The van der Waals surface area contributed by atoms with Gasteiger partial charge in [-0.25, -0.2) is 0 Å². The highest BCUT2D eigenvalue weighted by atomic mass is 32.1. The van der Waals surface area contributed by atoms with Crippen molar-refractivity contribution in [2.24, 2.45) is 0 Å². The lowest BCUT2D eigenvalue weighted by Gasteiger charge is -2.12. The molecule has 1 aromatic heterocycles. The zero-order chi connectivity index (χ0) is 17.8. The molecule has 4 nitrogen and oxygen atoms in total. The standard InChI is InChI=1S/C20H24N4S/c1-13-19(11-23-17-7-3-15(21)4-8-17)20(14(2)25-13)12-24-18-9-5-16(22)6-10-18/h3-10,23-24H,11-12,21-22H2,1-2H3. The van der Waals surface area contributed by atoms with Crippen LogP contribution in [0, 0.1) is 13.8 Å². The summed E-state index contributed by atoms with van der Waals surface area (Å²) in [6.45, 7) is 5.98. The van der Waals surface area contributed by atoms with Crippen LogP contribution in [0.15, 0.2) is 48.5 Å². The van der Waals surface area contributed by atoms with E-state index in [9.17, 15) is 0 Å². The first-order valence-corrected chi connectivity index (χ1v) is 9.11. The molecule has 0 saturated heterocycles. The Morgan fingerprint density at radius 3 is 1.40 bits per heavy atom. The lowest BCUT2D eigenvalue weighted by Crippen LogP contribution is -2.07. The lowest BCUT2D eigenvalue weighted by molar-refractivity contribution is 1.05. The highest BCUT2D eigenvalue weighted by Gasteiger charge is 2.13. The highest BCUT2D eigenvalue weighted by molar-refractivity contribution is 7.12. The summed E-state index contributed by atoms with van der Waals surface area (Å²) in [5.74, 6) is 0. The summed E-state index contributed by atoms with van der Waals surface area (Å²) in [7, 11) is 0. The average Bonchev–Trinajstić information content (AvgIpc) is 2.87. The van der Waals surface area contributed by atoms with Gasteiger partial charge in [0.1, 0.15) is 0 Å². The Bertz CT molecular complexity index is 765. The van der Waals surface area contributed by atoms with Crippen LogP contribution in [0.25, 0.3) is 0 Å². The summed E-state index contributed by atoms with van der Waals surface area (Å²) < 4.78 is 0. The zero-order valence-electron chi connectivity index (χ0n) is 14.6. The third kappa shape index (κ3) is 4.25. The van der Waals surface area contributed by atoms with Gasteiger partial charge in [-0.15, -0.1) is 11.3 Å². The molecule has 3 rings (SSSR count). The summed E-state index contributed by atoms with van der Waals surface area (Å²) in [6.07, 6.45) is 0. The molecule has 3 aromatic rings. The van der Waals surface area contributed by atoms with Crippen LogP contribution in [0.1, 0.15) is 20.9 Å². The molecule has 0 atom stereocenters. The molecule has 0 radical (unpaired) electrons. The van der Waals surface area contributed by atoms with Crippen molar-refractivity contribution in [1.82, 2.24) is 0 Å². The maximum absolute atomic E-state index is 5.75. The smallest absolute Gasteiger partial charge is 0.0415 e. The molecule has 2 aromatic carbocycles. The third-order valence-corrected chi connectivity index (χ3v) is 5.39. The fraction of sp³-hybridized carbons (Fsp3) is 0.200. The van der Waals surface area contributed by atoms with Crippen LogP contribution >= 0.6 is 11.3 Å². The first kappa shape index (κ1) is 17.2. The van der Waals surface area contributed by atoms with Gasteiger partial charge in [0.05, 0.1) is 0 Å². The fourth-order valence-electron chi connectivity index (χ4n) is 2.82. The van der Waals surface area contributed by atoms with Crippen molar-refractivity contribution in [3.8, 4) is 0 Å². The zero-order valence-corrected chi connectivity index (χ0v) is 15.4. The Hall–Kier alpha value is -2.66. The van der Waals surface area contributed by atoms with Gasteiger partial charge in [-0.05, 0) is 73.5 Å². The number of nitrogens with two attached hydrogens (primary N) is 2. The quantitative estimate of drug-likeness (QED) is 0.483. The van der Waals surface area contributed by atoms with Gasteiger partial charge in [-0.1, -0.05) is 0 Å². The van der Waals surface area contributed by atoms with E-state index < -0.39 is 0 Å². The molecule has 0 fully saturated rings. The molecule has 1 heterocycles. The lowest BCUT2D eigenvalue weighted by atomic mass is 10.1. The SMILES string of the molecule is Cc1sc(C)c(CNc2ccc(N)cc2)c1CNc1ccc(N)cc1.